The van der Waals surface area contributed by atoms with Crippen LogP contribution in [-0.4, -0.2) is 114 Å². The summed E-state index contributed by atoms with van der Waals surface area (Å²) in [7, 11) is 0. The highest BCUT2D eigenvalue weighted by Gasteiger charge is 2.30. The molecule has 58 heavy (non-hydrogen) atoms. The molecule has 0 aliphatic carbocycles. The molecule has 0 unspecified atom stereocenters. The van der Waals surface area contributed by atoms with Gasteiger partial charge in [-0.05, 0) is 173 Å². The maximum Gasteiger partial charge on any atom is 0.330 e. The highest BCUT2D eigenvalue weighted by atomic mass is 16.5. The summed E-state index contributed by atoms with van der Waals surface area (Å²) in [6, 6.07) is 0. The van der Waals surface area contributed by atoms with Crippen molar-refractivity contribution in [1.29, 1.82) is 0 Å². The third kappa shape index (κ3) is 29.6. The lowest BCUT2D eigenvalue weighted by Gasteiger charge is -2.31. The number of hydrogen-bond acceptors (Lipinski definition) is 12. The van der Waals surface area contributed by atoms with E-state index in [9.17, 15) is 50.4 Å². The minimum Gasteiger partial charge on any atom is -0.463 e. The van der Waals surface area contributed by atoms with Gasteiger partial charge in [-0.3, -0.25) is 4.79 Å². The van der Waals surface area contributed by atoms with E-state index in [1.165, 1.54) is 13.0 Å². The van der Waals surface area contributed by atoms with Crippen molar-refractivity contribution < 1.29 is 59.9 Å². The van der Waals surface area contributed by atoms with Crippen molar-refractivity contribution in [2.24, 2.45) is 5.41 Å². The smallest absolute Gasteiger partial charge is 0.330 e. The number of carbonyl (C=O) groups excluding carboxylic acids is 2. The van der Waals surface area contributed by atoms with Gasteiger partial charge in [0.05, 0.1) is 48.8 Å². The Balaban J connectivity index is 2.79. The highest BCUT2D eigenvalue weighted by Crippen LogP contribution is 2.28. The first-order valence-electron chi connectivity index (χ1n) is 22.8. The molecule has 1 heterocycles. The molecular weight excluding hydrogens is 744 g/mol. The maximum atomic E-state index is 12.9. The molecular formula is C46H86O12. The van der Waals surface area contributed by atoms with Crippen molar-refractivity contribution >= 4 is 11.9 Å². The Morgan fingerprint density at radius 3 is 1.19 bits per heavy atom. The number of allylic oxidation sites excluding steroid dienone is 1. The summed E-state index contributed by atoms with van der Waals surface area (Å²) in [5.41, 5.74) is 0.397. The van der Waals surface area contributed by atoms with Crippen LogP contribution in [0.3, 0.4) is 0 Å². The molecule has 1 rings (SSSR count). The number of cyclic esters (lactones) is 1. The molecule has 0 aromatic heterocycles. The molecule has 1 aliphatic heterocycles. The average Bonchev–Trinajstić information content (AvgIpc) is 3.10. The van der Waals surface area contributed by atoms with Gasteiger partial charge < -0.3 is 50.3 Å². The normalized spacial score (nSPS) is 33.2. The summed E-state index contributed by atoms with van der Waals surface area (Å²) in [5.74, 6) is -0.851. The topological polar surface area (TPSA) is 214 Å². The molecule has 12 heteroatoms. The summed E-state index contributed by atoms with van der Waals surface area (Å²) in [5, 5.41) is 84.1. The quantitative estimate of drug-likeness (QED) is 0.127. The molecule has 8 N–H and O–H groups in total. The van der Waals surface area contributed by atoms with Crippen molar-refractivity contribution in [3.05, 3.63) is 11.6 Å². The molecule has 12 nitrogen and oxygen atoms in total. The lowest BCUT2D eigenvalue weighted by atomic mass is 9.85. The molecule has 0 saturated heterocycles. The van der Waals surface area contributed by atoms with E-state index in [0.29, 0.717) is 154 Å². The van der Waals surface area contributed by atoms with Crippen LogP contribution in [0, 0.1) is 5.41 Å². The van der Waals surface area contributed by atoms with E-state index in [4.69, 9.17) is 9.47 Å². The van der Waals surface area contributed by atoms with Gasteiger partial charge in [0.1, 0.15) is 12.2 Å². The predicted molar refractivity (Wildman–Crippen MR) is 227 cm³/mol. The van der Waals surface area contributed by atoms with E-state index in [0.717, 1.165) is 5.57 Å². The number of esters is 2. The minimum absolute atomic E-state index is 0.244. The summed E-state index contributed by atoms with van der Waals surface area (Å²) in [6.45, 7) is 9.10. The number of aliphatic hydroxyl groups excluding tert-OH is 8. The van der Waals surface area contributed by atoms with Crippen molar-refractivity contribution in [1.82, 2.24) is 0 Å². The second-order valence-corrected chi connectivity index (χ2v) is 18.6. The monoisotopic (exact) mass is 831 g/mol. The molecule has 0 saturated carbocycles. The predicted octanol–water partition coefficient (Wildman–Crippen LogP) is 6.87. The third-order valence-electron chi connectivity index (χ3n) is 11.6. The Kier molecular flexibility index (Phi) is 29.3. The Bertz CT molecular complexity index is 1090. The molecule has 1 aliphatic rings. The molecule has 0 bridgehead atoms. The summed E-state index contributed by atoms with van der Waals surface area (Å²) < 4.78 is 11.4. The first kappa shape index (κ1) is 54.4. The second-order valence-electron chi connectivity index (χ2n) is 18.6. The molecule has 0 aromatic rings. The van der Waals surface area contributed by atoms with Crippen LogP contribution in [0.5, 0.6) is 0 Å². The fraction of sp³-hybridized carbons (Fsp3) is 0.913. The third-order valence-corrected chi connectivity index (χ3v) is 11.6. The van der Waals surface area contributed by atoms with Gasteiger partial charge in [-0.2, -0.15) is 0 Å². The van der Waals surface area contributed by atoms with E-state index in [1.807, 2.05) is 27.7 Å². The number of ether oxygens (including phenoxy) is 2. The van der Waals surface area contributed by atoms with E-state index in [2.05, 4.69) is 0 Å². The van der Waals surface area contributed by atoms with E-state index < -0.39 is 66.3 Å². The van der Waals surface area contributed by atoms with E-state index in [-0.39, 0.29) is 24.9 Å². The highest BCUT2D eigenvalue weighted by molar-refractivity contribution is 5.82. The van der Waals surface area contributed by atoms with Gasteiger partial charge in [-0.1, -0.05) is 26.3 Å². The Labute approximate surface area is 350 Å². The Morgan fingerprint density at radius 2 is 0.845 bits per heavy atom. The van der Waals surface area contributed by atoms with Crippen molar-refractivity contribution in [3.63, 3.8) is 0 Å². The van der Waals surface area contributed by atoms with Gasteiger partial charge in [0.15, 0.2) is 0 Å². The Morgan fingerprint density at radius 1 is 0.534 bits per heavy atom. The average molecular weight is 831 g/mol. The maximum absolute atomic E-state index is 12.9. The number of hydrogen-bond donors (Lipinski definition) is 8. The van der Waals surface area contributed by atoms with Crippen LogP contribution in [0.1, 0.15) is 202 Å². The van der Waals surface area contributed by atoms with Gasteiger partial charge in [0, 0.05) is 19.4 Å². The van der Waals surface area contributed by atoms with Crippen LogP contribution >= 0.6 is 0 Å². The van der Waals surface area contributed by atoms with Gasteiger partial charge in [-0.15, -0.1) is 0 Å². The fourth-order valence-electron chi connectivity index (χ4n) is 7.88. The number of aliphatic hydroxyl groups is 8. The number of rotatable bonds is 1. The second kappa shape index (κ2) is 31.2. The standard InChI is InChI=1S/C46H86O12/c1-33-14-6-25-40(53)31-41(54)26-11-23-38(51)21-9-19-36(49)17-7-15-35(48)16-8-18-37(50)20-10-22-39(52)24-12-28-43(57-34(2)47)29-13-27-42(55)32-44(46(3,4)5)58-45(56)30-33/h30,35-44,48-55H,6-29,31-32H2,1-5H3/t35-,36+,37+,38+,39+,40+,41-,42-,43+,44-/m1/s1. The zero-order valence-corrected chi connectivity index (χ0v) is 36.9. The van der Waals surface area contributed by atoms with Crippen molar-refractivity contribution in [2.75, 3.05) is 0 Å². The molecule has 0 fully saturated rings. The minimum atomic E-state index is -0.723. The first-order valence-corrected chi connectivity index (χ1v) is 22.8. The van der Waals surface area contributed by atoms with Gasteiger partial charge >= 0.3 is 11.9 Å². The van der Waals surface area contributed by atoms with Crippen LogP contribution < -0.4 is 0 Å². The SMILES string of the molecule is CC(=O)O[C@H]1CCC[C@@H](O)CCC[C@@H](O)CCC[C@H](O)CCC[C@H](O)CCC[C@H](O)CCC[C@@H](O)C[C@@H](O)CCCC(C)=CC(=O)O[C@@H](C(C)(C)C)C[C@H](O)CCC1. The van der Waals surface area contributed by atoms with Gasteiger partial charge in [0.25, 0.3) is 0 Å². The molecule has 0 radical (unpaired) electrons. The van der Waals surface area contributed by atoms with Crippen LogP contribution in [0.4, 0.5) is 0 Å². The number of carbonyl (C=O) groups is 2. The molecule has 0 aromatic carbocycles. The molecule has 342 valence electrons. The molecule has 0 amide bonds. The van der Waals surface area contributed by atoms with E-state index in [1.54, 1.807) is 0 Å². The van der Waals surface area contributed by atoms with Gasteiger partial charge in [0.2, 0.25) is 0 Å². The zero-order chi connectivity index (χ0) is 43.5. The lowest BCUT2D eigenvalue weighted by molar-refractivity contribution is -0.150. The fourth-order valence-corrected chi connectivity index (χ4v) is 7.88. The Hall–Kier alpha value is -1.64. The lowest BCUT2D eigenvalue weighted by Crippen LogP contribution is -2.34. The zero-order valence-electron chi connectivity index (χ0n) is 36.9. The molecule has 0 spiro atoms. The van der Waals surface area contributed by atoms with E-state index >= 15 is 0 Å². The van der Waals surface area contributed by atoms with Crippen LogP contribution in [-0.2, 0) is 19.1 Å². The van der Waals surface area contributed by atoms with Gasteiger partial charge in [-0.25, -0.2) is 4.79 Å². The largest absolute Gasteiger partial charge is 0.463 e. The van der Waals surface area contributed by atoms with Crippen molar-refractivity contribution in [2.45, 2.75) is 263 Å². The molecule has 10 atom stereocenters. The van der Waals surface area contributed by atoms with Crippen LogP contribution in [0.2, 0.25) is 0 Å². The summed E-state index contributed by atoms with van der Waals surface area (Å²) in [4.78, 5) is 24.7. The van der Waals surface area contributed by atoms with Crippen molar-refractivity contribution in [3.8, 4) is 0 Å². The first-order chi connectivity index (χ1) is 27.3. The van der Waals surface area contributed by atoms with Crippen LogP contribution in [0.25, 0.3) is 0 Å². The van der Waals surface area contributed by atoms with Crippen LogP contribution in [0.15, 0.2) is 11.6 Å². The summed E-state index contributed by atoms with van der Waals surface area (Å²) in [6.07, 6.45) is 10.7. The summed E-state index contributed by atoms with van der Waals surface area (Å²) >= 11 is 0.